The van der Waals surface area contributed by atoms with Crippen LogP contribution in [0.3, 0.4) is 0 Å². The van der Waals surface area contributed by atoms with Gasteiger partial charge >= 0.3 is 0 Å². The van der Waals surface area contributed by atoms with Gasteiger partial charge in [0, 0.05) is 13.1 Å². The van der Waals surface area contributed by atoms with Crippen molar-refractivity contribution in [3.05, 3.63) is 0 Å². The smallest absolute Gasteiger partial charge is 0.294 e. The monoisotopic (exact) mass is 208 g/mol. The van der Waals surface area contributed by atoms with E-state index in [4.69, 9.17) is 4.74 Å². The molecule has 0 aromatic rings. The zero-order valence-electron chi connectivity index (χ0n) is 7.44. The van der Waals surface area contributed by atoms with E-state index < -0.39 is 10.1 Å². The van der Waals surface area contributed by atoms with Crippen LogP contribution in [0.4, 0.5) is 0 Å². The van der Waals surface area contributed by atoms with Crippen LogP contribution >= 0.6 is 0 Å². The number of morpholine rings is 1. The molecule has 0 atom stereocenters. The minimum atomic E-state index is -4.03. The van der Waals surface area contributed by atoms with E-state index in [1.807, 2.05) is 0 Å². The molecule has 0 aliphatic carbocycles. The number of ether oxygens (including phenoxy) is 1. The maximum Gasteiger partial charge on any atom is 0.294 e. The summed E-state index contributed by atoms with van der Waals surface area (Å²) in [6.07, 6.45) is 0.422. The summed E-state index contributed by atoms with van der Waals surface area (Å²) in [4.78, 5) is 2.11. The highest BCUT2D eigenvalue weighted by atomic mass is 32.2. The molecule has 0 unspecified atom stereocenters. The van der Waals surface area contributed by atoms with E-state index in [0.29, 0.717) is 26.2 Å². The van der Waals surface area contributed by atoms with E-state index in [1.54, 1.807) is 0 Å². The van der Waals surface area contributed by atoms with E-state index in [-0.39, 0.29) is 5.75 Å². The van der Waals surface area contributed by atoms with Crippen molar-refractivity contribution in [1.29, 1.82) is 0 Å². The Morgan fingerprint density at radius 1 is 1.23 bits per heavy atom. The largest absolute Gasteiger partial charge is 0.379 e. The third-order valence-corrected chi connectivity index (χ3v) is 2.76. The second-order valence-corrected chi connectivity index (χ2v) is 4.59. The summed E-state index contributed by atoms with van der Waals surface area (Å²) >= 11 is 0. The predicted octanol–water partition coefficient (Wildman–Crippen LogP) is -0.531. The van der Waals surface area contributed by atoms with Crippen LogP contribution in [-0.4, -0.2) is 51.9 Å². The van der Waals surface area contributed by atoms with Crippen LogP contribution in [0, 0.1) is 0 Å². The van der Waals surface area contributed by atoms with Crippen LogP contribution in [0.2, 0.25) is 0 Å². The normalized spacial score (nSPS) is 20.4. The van der Waals surface area contributed by atoms with Gasteiger partial charge in [0.15, 0.2) is 0 Å². The lowest BCUT2D eigenvalue weighted by Crippen LogP contribution is -2.37. The van der Waals surface area contributed by atoms with Gasteiger partial charge < -0.3 is 4.74 Å². The van der Waals surface area contributed by atoms with Gasteiger partial charge in [-0.05, 0) is 13.0 Å². The number of rotatable bonds is 4. The quantitative estimate of drug-likeness (QED) is 0.623. The van der Waals surface area contributed by atoms with E-state index in [0.717, 1.165) is 13.1 Å². The topological polar surface area (TPSA) is 66.5 Å². The molecule has 0 bridgehead atoms. The van der Waals surface area contributed by atoms with Gasteiger partial charge in [-0.15, -0.1) is 0 Å². The summed E-state index contributed by atoms with van der Waals surface area (Å²) in [7, 11) is -4.03. The van der Waals surface area contributed by atoms with Crippen LogP contribution in [0.25, 0.3) is 0 Å². The van der Waals surface area contributed by atoms with Gasteiger partial charge in [-0.2, -0.15) is 8.42 Å². The minimum absolute atomic E-state index is 0.260. The summed E-state index contributed by atoms with van der Waals surface area (Å²) < 4.78 is 35.9. The molecule has 1 aliphatic heterocycles. The molecule has 1 aliphatic rings. The Kier molecular flexibility index (Phi) is 4.11. The molecular weight excluding hydrogens is 194 g/mol. The average Bonchev–Trinajstić information content (AvgIpc) is 2.04. The molecule has 0 saturated carbocycles. The maximum absolute atomic E-state index is 10.3. The SMILES string of the molecule is [O]S(=O)(=O)CCCN1CCOCC1. The molecule has 1 saturated heterocycles. The zero-order valence-corrected chi connectivity index (χ0v) is 8.25. The first kappa shape index (κ1) is 10.9. The predicted molar refractivity (Wildman–Crippen MR) is 46.3 cm³/mol. The molecule has 1 radical (unpaired) electrons. The summed E-state index contributed by atoms with van der Waals surface area (Å²) in [6.45, 7) is 3.73. The van der Waals surface area contributed by atoms with Crippen LogP contribution in [0.1, 0.15) is 6.42 Å². The molecule has 6 heteroatoms. The van der Waals surface area contributed by atoms with Crippen LogP contribution in [0.5, 0.6) is 0 Å². The lowest BCUT2D eigenvalue weighted by atomic mass is 10.4. The molecule has 77 valence electrons. The van der Waals surface area contributed by atoms with Crippen molar-refractivity contribution in [2.75, 3.05) is 38.6 Å². The van der Waals surface area contributed by atoms with E-state index >= 15 is 0 Å². The highest BCUT2D eigenvalue weighted by Crippen LogP contribution is 1.99. The molecule has 0 amide bonds. The zero-order chi connectivity index (χ0) is 9.73. The van der Waals surface area contributed by atoms with E-state index in [1.165, 1.54) is 0 Å². The second kappa shape index (κ2) is 4.90. The Balaban J connectivity index is 2.11. The maximum atomic E-state index is 10.3. The third kappa shape index (κ3) is 5.20. The van der Waals surface area contributed by atoms with Crippen molar-refractivity contribution >= 4 is 10.1 Å². The fourth-order valence-electron chi connectivity index (χ4n) is 1.29. The van der Waals surface area contributed by atoms with E-state index in [9.17, 15) is 13.0 Å². The van der Waals surface area contributed by atoms with Crippen molar-refractivity contribution in [2.24, 2.45) is 0 Å². The van der Waals surface area contributed by atoms with Gasteiger partial charge in [0.1, 0.15) is 0 Å². The van der Waals surface area contributed by atoms with Gasteiger partial charge in [-0.25, -0.2) is 0 Å². The minimum Gasteiger partial charge on any atom is -0.379 e. The summed E-state index contributed by atoms with van der Waals surface area (Å²) in [5, 5.41) is 0. The summed E-state index contributed by atoms with van der Waals surface area (Å²) in [5.41, 5.74) is 0. The van der Waals surface area contributed by atoms with Crippen LogP contribution < -0.4 is 0 Å². The second-order valence-electron chi connectivity index (χ2n) is 3.07. The molecular formula is C7H14NO4S. The van der Waals surface area contributed by atoms with Crippen molar-refractivity contribution in [3.8, 4) is 0 Å². The van der Waals surface area contributed by atoms with Crippen molar-refractivity contribution < 1.29 is 17.7 Å². The Bertz CT molecular complexity index is 233. The van der Waals surface area contributed by atoms with E-state index in [2.05, 4.69) is 4.90 Å². The Morgan fingerprint density at radius 3 is 2.38 bits per heavy atom. The molecule has 1 fully saturated rings. The first-order valence-electron chi connectivity index (χ1n) is 4.31. The number of nitrogens with zero attached hydrogens (tertiary/aromatic N) is 1. The lowest BCUT2D eigenvalue weighted by Gasteiger charge is -2.26. The molecule has 1 rings (SSSR count). The Labute approximate surface area is 78.4 Å². The van der Waals surface area contributed by atoms with Gasteiger partial charge in [0.2, 0.25) is 0 Å². The highest BCUT2D eigenvalue weighted by molar-refractivity contribution is 7.85. The molecule has 1 heterocycles. The first-order chi connectivity index (χ1) is 6.08. The van der Waals surface area contributed by atoms with Crippen molar-refractivity contribution in [2.45, 2.75) is 6.42 Å². The van der Waals surface area contributed by atoms with Gasteiger partial charge in [0.25, 0.3) is 10.1 Å². The van der Waals surface area contributed by atoms with Gasteiger partial charge in [0.05, 0.1) is 19.0 Å². The molecule has 5 nitrogen and oxygen atoms in total. The molecule has 0 aromatic carbocycles. The fraction of sp³-hybridized carbons (Fsp3) is 1.00. The lowest BCUT2D eigenvalue weighted by molar-refractivity contribution is 0.0380. The summed E-state index contributed by atoms with van der Waals surface area (Å²) in [6, 6.07) is 0. The molecule has 0 N–H and O–H groups in total. The number of hydrogen-bond donors (Lipinski definition) is 0. The van der Waals surface area contributed by atoms with Gasteiger partial charge in [-0.1, -0.05) is 4.55 Å². The molecule has 0 spiro atoms. The highest BCUT2D eigenvalue weighted by Gasteiger charge is 2.12. The van der Waals surface area contributed by atoms with Crippen LogP contribution in [-0.2, 0) is 19.4 Å². The third-order valence-electron chi connectivity index (χ3n) is 1.97. The Morgan fingerprint density at radius 2 is 1.85 bits per heavy atom. The van der Waals surface area contributed by atoms with Crippen molar-refractivity contribution in [3.63, 3.8) is 0 Å². The summed E-state index contributed by atoms with van der Waals surface area (Å²) in [5.74, 6) is -0.260. The van der Waals surface area contributed by atoms with Crippen LogP contribution in [0.15, 0.2) is 0 Å². The van der Waals surface area contributed by atoms with Crippen molar-refractivity contribution in [1.82, 2.24) is 4.90 Å². The molecule has 13 heavy (non-hydrogen) atoms. The first-order valence-corrected chi connectivity index (χ1v) is 5.89. The Hall–Kier alpha value is -0.170. The standard InChI is InChI=1S/C7H14NO4S/c9-13(10,11)7-1-2-8-3-5-12-6-4-8/h1-7H2. The fourth-order valence-corrected chi connectivity index (χ4v) is 1.77. The number of hydrogen-bond acceptors (Lipinski definition) is 4. The van der Waals surface area contributed by atoms with Gasteiger partial charge in [-0.3, -0.25) is 4.90 Å². The average molecular weight is 208 g/mol. The molecule has 0 aromatic heterocycles.